The molecule has 3 heteroatoms. The fraction of sp³-hybridized carbons (Fsp3) is 0.917. The van der Waals surface area contributed by atoms with Crippen LogP contribution in [0, 0.1) is 5.41 Å². The SMILES string of the molecule is CCCCCC(C)(C)CNC(=O)C(C)S. The lowest BCUT2D eigenvalue weighted by atomic mass is 9.87. The number of hydrogen-bond donors (Lipinski definition) is 2. The molecule has 2 nitrogen and oxygen atoms in total. The molecule has 0 aliphatic rings. The zero-order valence-electron chi connectivity index (χ0n) is 10.5. The highest BCUT2D eigenvalue weighted by Gasteiger charge is 2.19. The summed E-state index contributed by atoms with van der Waals surface area (Å²) >= 11 is 4.10. The van der Waals surface area contributed by atoms with Gasteiger partial charge in [0.1, 0.15) is 0 Å². The maximum Gasteiger partial charge on any atom is 0.232 e. The summed E-state index contributed by atoms with van der Waals surface area (Å²) in [7, 11) is 0. The number of carbonyl (C=O) groups excluding carboxylic acids is 1. The molecule has 1 atom stereocenters. The van der Waals surface area contributed by atoms with E-state index >= 15 is 0 Å². The van der Waals surface area contributed by atoms with Crippen LogP contribution in [0.2, 0.25) is 0 Å². The third-order valence-corrected chi connectivity index (χ3v) is 2.81. The van der Waals surface area contributed by atoms with Crippen molar-refractivity contribution in [2.75, 3.05) is 6.54 Å². The number of unbranched alkanes of at least 4 members (excludes halogenated alkanes) is 2. The first-order valence-corrected chi connectivity index (χ1v) is 6.36. The number of rotatable bonds is 7. The fourth-order valence-electron chi connectivity index (χ4n) is 1.42. The number of carbonyl (C=O) groups is 1. The van der Waals surface area contributed by atoms with Gasteiger partial charge in [-0.3, -0.25) is 4.79 Å². The van der Waals surface area contributed by atoms with Gasteiger partial charge >= 0.3 is 0 Å². The molecule has 0 saturated carbocycles. The van der Waals surface area contributed by atoms with Crippen LogP contribution in [0.15, 0.2) is 0 Å². The van der Waals surface area contributed by atoms with Gasteiger partial charge in [-0.25, -0.2) is 0 Å². The van der Waals surface area contributed by atoms with E-state index in [0.717, 1.165) is 6.54 Å². The topological polar surface area (TPSA) is 29.1 Å². The van der Waals surface area contributed by atoms with Gasteiger partial charge in [0.05, 0.1) is 5.25 Å². The maximum absolute atomic E-state index is 11.3. The van der Waals surface area contributed by atoms with Crippen LogP contribution >= 0.6 is 12.6 Å². The first kappa shape index (κ1) is 14.8. The predicted molar refractivity (Wildman–Crippen MR) is 69.4 cm³/mol. The zero-order valence-corrected chi connectivity index (χ0v) is 11.4. The van der Waals surface area contributed by atoms with Crippen LogP contribution in [-0.2, 0) is 4.79 Å². The monoisotopic (exact) mass is 231 g/mol. The Labute approximate surface area is 99.6 Å². The lowest BCUT2D eigenvalue weighted by molar-refractivity contribution is -0.120. The Kier molecular flexibility index (Phi) is 7.07. The molecule has 15 heavy (non-hydrogen) atoms. The summed E-state index contributed by atoms with van der Waals surface area (Å²) in [6.45, 7) is 9.15. The normalized spacial score (nSPS) is 13.7. The molecular weight excluding hydrogens is 206 g/mol. The van der Waals surface area contributed by atoms with E-state index < -0.39 is 0 Å². The van der Waals surface area contributed by atoms with Gasteiger partial charge in [0.25, 0.3) is 0 Å². The second-order valence-electron chi connectivity index (χ2n) is 5.02. The molecule has 0 bridgehead atoms. The smallest absolute Gasteiger partial charge is 0.232 e. The van der Waals surface area contributed by atoms with Crippen LogP contribution in [0.5, 0.6) is 0 Å². The summed E-state index contributed by atoms with van der Waals surface area (Å²) in [6, 6.07) is 0. The first-order valence-electron chi connectivity index (χ1n) is 5.85. The van der Waals surface area contributed by atoms with Crippen molar-refractivity contribution in [2.24, 2.45) is 5.41 Å². The first-order chi connectivity index (χ1) is 6.89. The minimum Gasteiger partial charge on any atom is -0.355 e. The van der Waals surface area contributed by atoms with Crippen molar-refractivity contribution in [1.82, 2.24) is 5.32 Å². The van der Waals surface area contributed by atoms with E-state index in [1.165, 1.54) is 25.7 Å². The average Bonchev–Trinajstić information content (AvgIpc) is 2.14. The van der Waals surface area contributed by atoms with Crippen molar-refractivity contribution >= 4 is 18.5 Å². The highest BCUT2D eigenvalue weighted by atomic mass is 32.1. The van der Waals surface area contributed by atoms with Crippen LogP contribution in [0.25, 0.3) is 0 Å². The Bertz CT molecular complexity index is 190. The molecule has 0 saturated heterocycles. The minimum absolute atomic E-state index is 0.0295. The largest absolute Gasteiger partial charge is 0.355 e. The van der Waals surface area contributed by atoms with Crippen molar-refractivity contribution in [2.45, 2.75) is 58.6 Å². The van der Waals surface area contributed by atoms with Crippen LogP contribution < -0.4 is 5.32 Å². The van der Waals surface area contributed by atoms with Gasteiger partial charge in [0.2, 0.25) is 5.91 Å². The van der Waals surface area contributed by atoms with Gasteiger partial charge < -0.3 is 5.32 Å². The summed E-state index contributed by atoms with van der Waals surface area (Å²) in [6.07, 6.45) is 4.94. The summed E-state index contributed by atoms with van der Waals surface area (Å²) in [4.78, 5) is 11.3. The molecule has 0 aromatic rings. The third-order valence-electron chi connectivity index (χ3n) is 2.58. The quantitative estimate of drug-likeness (QED) is 0.512. The Morgan fingerprint density at radius 2 is 2.00 bits per heavy atom. The number of hydrogen-bond acceptors (Lipinski definition) is 2. The van der Waals surface area contributed by atoms with Crippen LogP contribution in [0.1, 0.15) is 53.4 Å². The second-order valence-corrected chi connectivity index (χ2v) is 5.79. The lowest BCUT2D eigenvalue weighted by Gasteiger charge is -2.25. The van der Waals surface area contributed by atoms with Crippen LogP contribution in [0.3, 0.4) is 0 Å². The van der Waals surface area contributed by atoms with Crippen LogP contribution in [-0.4, -0.2) is 17.7 Å². The van der Waals surface area contributed by atoms with Gasteiger partial charge in [-0.1, -0.05) is 40.0 Å². The molecule has 1 amide bonds. The van der Waals surface area contributed by atoms with E-state index in [0.29, 0.717) is 0 Å². The Hall–Kier alpha value is -0.180. The Balaban J connectivity index is 3.77. The molecule has 0 rings (SSSR count). The molecule has 1 N–H and O–H groups in total. The Morgan fingerprint density at radius 3 is 2.47 bits per heavy atom. The van der Waals surface area contributed by atoms with Crippen molar-refractivity contribution in [3.63, 3.8) is 0 Å². The van der Waals surface area contributed by atoms with Crippen LogP contribution in [0.4, 0.5) is 0 Å². The summed E-state index contributed by atoms with van der Waals surface area (Å²) in [5, 5.41) is 2.72. The van der Waals surface area contributed by atoms with E-state index in [2.05, 4.69) is 38.7 Å². The third kappa shape index (κ3) is 7.71. The predicted octanol–water partition coefficient (Wildman–Crippen LogP) is 3.03. The second kappa shape index (κ2) is 7.15. The lowest BCUT2D eigenvalue weighted by Crippen LogP contribution is -2.37. The molecule has 1 unspecified atom stereocenters. The molecule has 0 aliphatic carbocycles. The molecule has 0 aliphatic heterocycles. The van der Waals surface area contributed by atoms with Gasteiger partial charge in [0.15, 0.2) is 0 Å². The molecule has 0 fully saturated rings. The molecule has 0 aromatic heterocycles. The van der Waals surface area contributed by atoms with Gasteiger partial charge in [-0.05, 0) is 18.8 Å². The average molecular weight is 231 g/mol. The molecule has 0 radical (unpaired) electrons. The van der Waals surface area contributed by atoms with Gasteiger partial charge in [-0.2, -0.15) is 12.6 Å². The highest BCUT2D eigenvalue weighted by Crippen LogP contribution is 2.22. The summed E-state index contributed by atoms with van der Waals surface area (Å²) in [5.41, 5.74) is 0.202. The van der Waals surface area contributed by atoms with Crippen molar-refractivity contribution < 1.29 is 4.79 Å². The van der Waals surface area contributed by atoms with Crippen molar-refractivity contribution in [3.05, 3.63) is 0 Å². The molecule has 90 valence electrons. The standard InChI is InChI=1S/C12H25NOS/c1-5-6-7-8-12(3,4)9-13-11(14)10(2)15/h10,15H,5-9H2,1-4H3,(H,13,14). The van der Waals surface area contributed by atoms with Crippen molar-refractivity contribution in [3.8, 4) is 0 Å². The number of thiol groups is 1. The van der Waals surface area contributed by atoms with E-state index in [1.54, 1.807) is 6.92 Å². The molecule has 0 aromatic carbocycles. The van der Waals surface area contributed by atoms with Gasteiger partial charge in [-0.15, -0.1) is 0 Å². The molecule has 0 heterocycles. The fourth-order valence-corrected chi connectivity index (χ4v) is 1.51. The van der Waals surface area contributed by atoms with Gasteiger partial charge in [0, 0.05) is 6.54 Å². The number of nitrogens with one attached hydrogen (secondary N) is 1. The summed E-state index contributed by atoms with van der Waals surface area (Å²) in [5.74, 6) is 0.0295. The maximum atomic E-state index is 11.3. The van der Waals surface area contributed by atoms with E-state index in [-0.39, 0.29) is 16.6 Å². The van der Waals surface area contributed by atoms with E-state index in [4.69, 9.17) is 0 Å². The number of amides is 1. The van der Waals surface area contributed by atoms with E-state index in [1.807, 2.05) is 0 Å². The molecular formula is C12H25NOS. The van der Waals surface area contributed by atoms with E-state index in [9.17, 15) is 4.79 Å². The zero-order chi connectivity index (χ0) is 11.9. The van der Waals surface area contributed by atoms with Crippen molar-refractivity contribution in [1.29, 1.82) is 0 Å². The highest BCUT2D eigenvalue weighted by molar-refractivity contribution is 7.81. The summed E-state index contributed by atoms with van der Waals surface area (Å²) < 4.78 is 0. The Morgan fingerprint density at radius 1 is 1.40 bits per heavy atom. The minimum atomic E-state index is -0.212. The molecule has 0 spiro atoms.